The Hall–Kier alpha value is -2.30. The molecule has 2 N–H and O–H groups in total. The Morgan fingerprint density at radius 1 is 1.10 bits per heavy atom. The number of para-hydroxylation sites is 1. The van der Waals surface area contributed by atoms with Crippen LogP contribution >= 0.6 is 24.0 Å². The monoisotopic (exact) mass is 512 g/mol. The van der Waals surface area contributed by atoms with Gasteiger partial charge in [0, 0.05) is 51.7 Å². The second-order valence-electron chi connectivity index (χ2n) is 6.46. The van der Waals surface area contributed by atoms with Crippen LogP contribution in [0, 0.1) is 0 Å². The lowest BCUT2D eigenvalue weighted by Crippen LogP contribution is -2.54. The third-order valence-corrected chi connectivity index (χ3v) is 4.63. The number of ether oxygens (including phenoxy) is 1. The van der Waals surface area contributed by atoms with E-state index in [0.717, 1.165) is 48.9 Å². The molecule has 1 aromatic carbocycles. The van der Waals surface area contributed by atoms with Gasteiger partial charge in [-0.25, -0.2) is 9.78 Å². The summed E-state index contributed by atoms with van der Waals surface area (Å²) in [5.74, 6) is 1.70. The first-order chi connectivity index (χ1) is 13.7. The summed E-state index contributed by atoms with van der Waals surface area (Å²) in [5, 5.41) is 7.84. The number of benzene rings is 1. The largest absolute Gasteiger partial charge is 0.450 e. The highest BCUT2D eigenvalue weighted by Crippen LogP contribution is 2.14. The highest BCUT2D eigenvalue weighted by molar-refractivity contribution is 14.0. The van der Waals surface area contributed by atoms with Crippen molar-refractivity contribution >= 4 is 52.8 Å². The number of hydrogen-bond acceptors (Lipinski definition) is 5. The van der Waals surface area contributed by atoms with Crippen LogP contribution in [-0.2, 0) is 4.74 Å². The molecule has 1 aromatic heterocycles. The lowest BCUT2D eigenvalue weighted by atomic mass is 10.2. The number of halogens is 1. The molecule has 1 amide bonds. The van der Waals surface area contributed by atoms with Crippen molar-refractivity contribution in [2.24, 2.45) is 4.99 Å². The van der Waals surface area contributed by atoms with Crippen LogP contribution in [0.4, 0.5) is 10.6 Å². The van der Waals surface area contributed by atoms with E-state index in [-0.39, 0.29) is 30.1 Å². The Balaban J connectivity index is 0.00000300. The number of guanidine groups is 1. The number of carbonyl (C=O) groups is 1. The van der Waals surface area contributed by atoms with Crippen molar-refractivity contribution in [1.29, 1.82) is 0 Å². The summed E-state index contributed by atoms with van der Waals surface area (Å²) >= 11 is 0. The van der Waals surface area contributed by atoms with Crippen LogP contribution in [-0.4, -0.2) is 79.8 Å². The summed E-state index contributed by atoms with van der Waals surface area (Å²) in [6.07, 6.45) is -0.239. The summed E-state index contributed by atoms with van der Waals surface area (Å²) in [4.78, 5) is 24.7. The predicted molar refractivity (Wildman–Crippen MR) is 127 cm³/mol. The molecule has 9 heteroatoms. The van der Waals surface area contributed by atoms with Crippen molar-refractivity contribution in [3.63, 3.8) is 0 Å². The second-order valence-corrected chi connectivity index (χ2v) is 6.46. The zero-order valence-corrected chi connectivity index (χ0v) is 19.3. The molecule has 0 saturated carbocycles. The molecule has 1 fully saturated rings. The fraction of sp³-hybridized carbons (Fsp3) is 0.450. The van der Waals surface area contributed by atoms with Gasteiger partial charge in [0.25, 0.3) is 0 Å². The van der Waals surface area contributed by atoms with Crippen molar-refractivity contribution in [2.75, 3.05) is 58.2 Å². The molecule has 0 bridgehead atoms. The maximum atomic E-state index is 11.8. The molecule has 0 unspecified atom stereocenters. The van der Waals surface area contributed by atoms with E-state index >= 15 is 0 Å². The van der Waals surface area contributed by atoms with Crippen LogP contribution in [0.25, 0.3) is 10.9 Å². The second kappa shape index (κ2) is 11.6. The molecule has 29 heavy (non-hydrogen) atoms. The Morgan fingerprint density at radius 2 is 1.83 bits per heavy atom. The number of carbonyl (C=O) groups excluding carboxylic acids is 1. The number of nitrogens with zero attached hydrogens (tertiary/aromatic N) is 4. The van der Waals surface area contributed by atoms with E-state index in [1.165, 1.54) is 0 Å². The molecule has 8 nitrogen and oxygen atoms in total. The van der Waals surface area contributed by atoms with Crippen LogP contribution in [0.3, 0.4) is 0 Å². The maximum absolute atomic E-state index is 11.8. The average Bonchev–Trinajstić information content (AvgIpc) is 2.74. The average molecular weight is 512 g/mol. The Morgan fingerprint density at radius 3 is 2.55 bits per heavy atom. The van der Waals surface area contributed by atoms with Gasteiger partial charge >= 0.3 is 6.09 Å². The molecule has 0 radical (unpaired) electrons. The molecular weight excluding hydrogens is 483 g/mol. The number of anilines is 1. The van der Waals surface area contributed by atoms with E-state index in [9.17, 15) is 4.79 Å². The lowest BCUT2D eigenvalue weighted by Gasteiger charge is -2.35. The van der Waals surface area contributed by atoms with E-state index in [4.69, 9.17) is 4.74 Å². The normalized spacial score (nSPS) is 14.3. The summed E-state index contributed by atoms with van der Waals surface area (Å²) in [6, 6.07) is 12.1. The number of nitrogens with one attached hydrogen (secondary N) is 2. The Kier molecular flexibility index (Phi) is 9.23. The Bertz CT molecular complexity index is 823. The van der Waals surface area contributed by atoms with E-state index < -0.39 is 0 Å². The van der Waals surface area contributed by atoms with Gasteiger partial charge in [0.05, 0.1) is 12.1 Å². The molecule has 3 rings (SSSR count). The molecule has 0 atom stereocenters. The van der Waals surface area contributed by atoms with Gasteiger partial charge in [-0.15, -0.1) is 24.0 Å². The minimum Gasteiger partial charge on any atom is -0.450 e. The van der Waals surface area contributed by atoms with Crippen molar-refractivity contribution in [2.45, 2.75) is 6.92 Å². The van der Waals surface area contributed by atoms with Gasteiger partial charge in [-0.3, -0.25) is 4.99 Å². The fourth-order valence-electron chi connectivity index (χ4n) is 3.18. The third kappa shape index (κ3) is 6.34. The summed E-state index contributed by atoms with van der Waals surface area (Å²) in [6.45, 7) is 6.42. The molecule has 2 heterocycles. The zero-order valence-electron chi connectivity index (χ0n) is 16.9. The number of aliphatic imine (C=N–C) groups is 1. The molecule has 0 spiro atoms. The van der Waals surface area contributed by atoms with E-state index in [1.807, 2.05) is 31.2 Å². The molecule has 158 valence electrons. The molecule has 1 aliphatic heterocycles. The van der Waals surface area contributed by atoms with Gasteiger partial charge in [0.2, 0.25) is 0 Å². The van der Waals surface area contributed by atoms with Crippen LogP contribution in [0.1, 0.15) is 6.92 Å². The molecular formula is C20H29IN6O2. The third-order valence-electron chi connectivity index (χ3n) is 4.63. The minimum absolute atomic E-state index is 0. The van der Waals surface area contributed by atoms with Crippen molar-refractivity contribution in [1.82, 2.24) is 20.1 Å². The molecule has 0 aliphatic carbocycles. The topological polar surface area (TPSA) is 82.1 Å². The van der Waals surface area contributed by atoms with Gasteiger partial charge in [-0.05, 0) is 25.1 Å². The van der Waals surface area contributed by atoms with Gasteiger partial charge in [0.15, 0.2) is 5.96 Å². The Labute approximate surface area is 188 Å². The highest BCUT2D eigenvalue weighted by atomic mass is 127. The SMILES string of the molecule is CCOC(=O)N1CCN(C(=NC)NCCNc2ccc3ccccc3n2)CC1.I. The van der Waals surface area contributed by atoms with Gasteiger partial charge in [-0.1, -0.05) is 18.2 Å². The van der Waals surface area contributed by atoms with Crippen molar-refractivity contribution in [3.8, 4) is 0 Å². The first kappa shape index (κ1) is 23.0. The molecule has 1 aliphatic rings. The minimum atomic E-state index is -0.239. The van der Waals surface area contributed by atoms with E-state index in [2.05, 4.69) is 37.6 Å². The van der Waals surface area contributed by atoms with Gasteiger partial charge in [0.1, 0.15) is 5.82 Å². The van der Waals surface area contributed by atoms with Gasteiger partial charge in [-0.2, -0.15) is 0 Å². The molecule has 1 saturated heterocycles. The van der Waals surface area contributed by atoms with Crippen molar-refractivity contribution < 1.29 is 9.53 Å². The van der Waals surface area contributed by atoms with Crippen LogP contribution in [0.2, 0.25) is 0 Å². The summed E-state index contributed by atoms with van der Waals surface area (Å²) in [5.41, 5.74) is 0.982. The lowest BCUT2D eigenvalue weighted by molar-refractivity contribution is 0.0915. The fourth-order valence-corrected chi connectivity index (χ4v) is 3.18. The van der Waals surface area contributed by atoms with Crippen LogP contribution in [0.5, 0.6) is 0 Å². The van der Waals surface area contributed by atoms with E-state index in [1.54, 1.807) is 11.9 Å². The highest BCUT2D eigenvalue weighted by Gasteiger charge is 2.23. The summed E-state index contributed by atoms with van der Waals surface area (Å²) in [7, 11) is 1.78. The van der Waals surface area contributed by atoms with Crippen molar-refractivity contribution in [3.05, 3.63) is 36.4 Å². The maximum Gasteiger partial charge on any atom is 0.409 e. The number of fused-ring (bicyclic) bond motifs is 1. The molecule has 2 aromatic rings. The van der Waals surface area contributed by atoms with Crippen LogP contribution < -0.4 is 10.6 Å². The number of pyridine rings is 1. The number of piperazine rings is 1. The number of amides is 1. The predicted octanol–water partition coefficient (Wildman–Crippen LogP) is 2.61. The first-order valence-electron chi connectivity index (χ1n) is 9.68. The number of hydrogen-bond donors (Lipinski definition) is 2. The summed E-state index contributed by atoms with van der Waals surface area (Å²) < 4.78 is 5.06. The first-order valence-corrected chi connectivity index (χ1v) is 9.68. The smallest absolute Gasteiger partial charge is 0.409 e. The van der Waals surface area contributed by atoms with E-state index in [0.29, 0.717) is 19.7 Å². The van der Waals surface area contributed by atoms with Gasteiger partial charge < -0.3 is 25.2 Å². The zero-order chi connectivity index (χ0) is 19.8. The number of aromatic nitrogens is 1. The quantitative estimate of drug-likeness (QED) is 0.278. The standard InChI is InChI=1S/C20H28N6O2.HI/c1-3-28-20(27)26-14-12-25(13-15-26)19(21-2)23-11-10-22-18-9-8-16-6-4-5-7-17(16)24-18;/h4-9H,3,10-15H2,1-2H3,(H,21,23)(H,22,24);1H. The number of rotatable bonds is 5. The van der Waals surface area contributed by atoms with Crippen LogP contribution in [0.15, 0.2) is 41.4 Å².